The first-order chi connectivity index (χ1) is 21.8. The number of thiophene rings is 1. The van der Waals surface area contributed by atoms with Gasteiger partial charge >= 0.3 is 0 Å². The van der Waals surface area contributed by atoms with Crippen molar-refractivity contribution >= 4 is 53.4 Å². The molecule has 2 heteroatoms. The van der Waals surface area contributed by atoms with Crippen molar-refractivity contribution in [2.45, 2.75) is 0 Å². The van der Waals surface area contributed by atoms with Crippen molar-refractivity contribution in [3.63, 3.8) is 0 Å². The van der Waals surface area contributed by atoms with Crippen LogP contribution in [0.2, 0.25) is 0 Å². The molecule has 9 aromatic rings. The third-order valence-corrected chi connectivity index (χ3v) is 9.81. The Kier molecular flexibility index (Phi) is 5.75. The van der Waals surface area contributed by atoms with Gasteiger partial charge in [0.05, 0.1) is 0 Å². The molecule has 0 aliphatic heterocycles. The van der Waals surface area contributed by atoms with Gasteiger partial charge in [-0.1, -0.05) is 109 Å². The Hall–Kier alpha value is -5.44. The van der Waals surface area contributed by atoms with Crippen molar-refractivity contribution in [1.29, 1.82) is 0 Å². The van der Waals surface area contributed by atoms with Crippen LogP contribution in [0.3, 0.4) is 0 Å². The average Bonchev–Trinajstić information content (AvgIpc) is 3.66. The summed E-state index contributed by atoms with van der Waals surface area (Å²) < 4.78 is 8.84. The minimum absolute atomic E-state index is 0.919. The van der Waals surface area contributed by atoms with Gasteiger partial charge in [0.25, 0.3) is 0 Å². The predicted octanol–water partition coefficient (Wildman–Crippen LogP) is 12.6. The lowest BCUT2D eigenvalue weighted by atomic mass is 9.94. The normalized spacial score (nSPS) is 11.6. The van der Waals surface area contributed by atoms with Gasteiger partial charge in [0, 0.05) is 30.9 Å². The second-order valence-electron chi connectivity index (χ2n) is 11.4. The Morgan fingerprint density at radius 3 is 1.39 bits per heavy atom. The van der Waals surface area contributed by atoms with E-state index in [9.17, 15) is 0 Å². The number of fused-ring (bicyclic) bond motifs is 6. The van der Waals surface area contributed by atoms with Crippen molar-refractivity contribution in [3.8, 4) is 44.5 Å². The van der Waals surface area contributed by atoms with Gasteiger partial charge in [-0.05, 0) is 93.0 Å². The fraction of sp³-hybridized carbons (Fsp3) is 0. The lowest BCUT2D eigenvalue weighted by molar-refractivity contribution is 0.669. The molecular weight excluding hydrogens is 553 g/mol. The second-order valence-corrected chi connectivity index (χ2v) is 12.4. The predicted molar refractivity (Wildman–Crippen MR) is 188 cm³/mol. The summed E-state index contributed by atoms with van der Waals surface area (Å²) in [6, 6.07) is 56.9. The Labute approximate surface area is 259 Å². The van der Waals surface area contributed by atoms with E-state index in [0.29, 0.717) is 0 Å². The Balaban J connectivity index is 1.05. The summed E-state index contributed by atoms with van der Waals surface area (Å²) in [6.07, 6.45) is 0. The molecule has 0 radical (unpaired) electrons. The molecule has 0 spiro atoms. The first kappa shape index (κ1) is 25.1. The van der Waals surface area contributed by atoms with Crippen molar-refractivity contribution < 1.29 is 4.42 Å². The maximum atomic E-state index is 6.17. The number of hydrogen-bond donors (Lipinski definition) is 0. The van der Waals surface area contributed by atoms with Crippen LogP contribution in [0, 0.1) is 0 Å². The SMILES string of the molecule is c1cc(-c2cccc(-c3ccc4c(c3)oc3ccccc34)c2)cc(-c2cccc(-c3ccc4c(c3)sc3ccccc34)c2)c1. The van der Waals surface area contributed by atoms with Crippen LogP contribution in [-0.2, 0) is 0 Å². The van der Waals surface area contributed by atoms with E-state index in [1.807, 2.05) is 23.5 Å². The van der Waals surface area contributed by atoms with Gasteiger partial charge in [-0.3, -0.25) is 0 Å². The van der Waals surface area contributed by atoms with Gasteiger partial charge in [-0.25, -0.2) is 0 Å². The van der Waals surface area contributed by atoms with E-state index in [2.05, 4.69) is 146 Å². The quantitative estimate of drug-likeness (QED) is 0.202. The monoisotopic (exact) mass is 578 g/mol. The smallest absolute Gasteiger partial charge is 0.136 e. The number of rotatable bonds is 4. The van der Waals surface area contributed by atoms with Crippen LogP contribution in [0.1, 0.15) is 0 Å². The van der Waals surface area contributed by atoms with Gasteiger partial charge < -0.3 is 4.42 Å². The summed E-state index contributed by atoms with van der Waals surface area (Å²) in [5, 5.41) is 4.98. The highest BCUT2D eigenvalue weighted by molar-refractivity contribution is 7.25. The third-order valence-electron chi connectivity index (χ3n) is 8.68. The van der Waals surface area contributed by atoms with Crippen molar-refractivity contribution in [1.82, 2.24) is 0 Å². The molecule has 0 fully saturated rings. The van der Waals surface area contributed by atoms with Crippen molar-refractivity contribution in [2.75, 3.05) is 0 Å². The zero-order valence-corrected chi connectivity index (χ0v) is 24.6. The Morgan fingerprint density at radius 1 is 0.295 bits per heavy atom. The third kappa shape index (κ3) is 4.23. The zero-order chi connectivity index (χ0) is 29.0. The lowest BCUT2D eigenvalue weighted by Gasteiger charge is -2.10. The van der Waals surface area contributed by atoms with Crippen LogP contribution in [-0.4, -0.2) is 0 Å². The van der Waals surface area contributed by atoms with Crippen LogP contribution >= 0.6 is 11.3 Å². The molecule has 44 heavy (non-hydrogen) atoms. The fourth-order valence-corrected chi connectivity index (χ4v) is 7.59. The summed E-state index contributed by atoms with van der Waals surface area (Å²) in [4.78, 5) is 0. The molecule has 0 N–H and O–H groups in total. The molecule has 2 heterocycles. The molecule has 0 saturated heterocycles. The molecule has 206 valence electrons. The standard InChI is InChI=1S/C42H26OS/c1-3-16-39-35(14-1)36-20-18-33(25-40(36)43-39)31-12-6-10-29(23-31)27-8-5-9-28(22-27)30-11-7-13-32(24-30)34-19-21-38-37-15-2-4-17-41(37)44-42(38)26-34/h1-26H. The molecule has 0 saturated carbocycles. The van der Waals surface area contributed by atoms with Gasteiger partial charge in [0.15, 0.2) is 0 Å². The van der Waals surface area contributed by atoms with E-state index >= 15 is 0 Å². The number of benzene rings is 7. The van der Waals surface area contributed by atoms with E-state index < -0.39 is 0 Å². The fourth-order valence-electron chi connectivity index (χ4n) is 6.45. The number of hydrogen-bond acceptors (Lipinski definition) is 2. The molecule has 0 amide bonds. The maximum absolute atomic E-state index is 6.17. The topological polar surface area (TPSA) is 13.1 Å². The highest BCUT2D eigenvalue weighted by Crippen LogP contribution is 2.38. The highest BCUT2D eigenvalue weighted by Gasteiger charge is 2.11. The zero-order valence-electron chi connectivity index (χ0n) is 23.8. The van der Waals surface area contributed by atoms with E-state index in [1.54, 1.807) is 0 Å². The molecule has 9 rings (SSSR count). The van der Waals surface area contributed by atoms with Crippen molar-refractivity contribution in [2.24, 2.45) is 0 Å². The molecule has 2 aromatic heterocycles. The largest absolute Gasteiger partial charge is 0.456 e. The van der Waals surface area contributed by atoms with Crippen LogP contribution in [0.25, 0.3) is 86.6 Å². The average molecular weight is 579 g/mol. The molecule has 0 bridgehead atoms. The molecular formula is C42H26OS. The van der Waals surface area contributed by atoms with Crippen molar-refractivity contribution in [3.05, 3.63) is 158 Å². The van der Waals surface area contributed by atoms with Crippen LogP contribution in [0.4, 0.5) is 0 Å². The minimum Gasteiger partial charge on any atom is -0.456 e. The first-order valence-electron chi connectivity index (χ1n) is 14.9. The van der Waals surface area contributed by atoms with E-state index in [4.69, 9.17) is 4.42 Å². The van der Waals surface area contributed by atoms with Crippen LogP contribution in [0.15, 0.2) is 162 Å². The summed E-state index contributed by atoms with van der Waals surface area (Å²) >= 11 is 1.87. The molecule has 0 atom stereocenters. The molecule has 7 aromatic carbocycles. The second kappa shape index (κ2) is 10.1. The molecule has 1 nitrogen and oxygen atoms in total. The molecule has 0 aliphatic carbocycles. The van der Waals surface area contributed by atoms with Crippen LogP contribution in [0.5, 0.6) is 0 Å². The van der Waals surface area contributed by atoms with Gasteiger partial charge in [-0.2, -0.15) is 0 Å². The van der Waals surface area contributed by atoms with Gasteiger partial charge in [-0.15, -0.1) is 11.3 Å². The lowest BCUT2D eigenvalue weighted by Crippen LogP contribution is -1.85. The first-order valence-corrected chi connectivity index (χ1v) is 15.7. The maximum Gasteiger partial charge on any atom is 0.136 e. The van der Waals surface area contributed by atoms with Gasteiger partial charge in [0.2, 0.25) is 0 Å². The molecule has 0 aliphatic rings. The Bertz CT molecular complexity index is 2340. The number of furan rings is 1. The van der Waals surface area contributed by atoms with E-state index in [1.165, 1.54) is 59.1 Å². The Morgan fingerprint density at radius 2 is 0.750 bits per heavy atom. The molecule has 0 unspecified atom stereocenters. The highest BCUT2D eigenvalue weighted by atomic mass is 32.1. The number of para-hydroxylation sites is 1. The minimum atomic E-state index is 0.919. The summed E-state index contributed by atoms with van der Waals surface area (Å²) in [5.41, 5.74) is 11.5. The van der Waals surface area contributed by atoms with Crippen LogP contribution < -0.4 is 0 Å². The van der Waals surface area contributed by atoms with E-state index in [0.717, 1.165) is 27.5 Å². The summed E-state index contributed by atoms with van der Waals surface area (Å²) in [6.45, 7) is 0. The van der Waals surface area contributed by atoms with Gasteiger partial charge in [0.1, 0.15) is 11.2 Å². The van der Waals surface area contributed by atoms with E-state index in [-0.39, 0.29) is 0 Å². The summed E-state index contributed by atoms with van der Waals surface area (Å²) in [5.74, 6) is 0. The summed E-state index contributed by atoms with van der Waals surface area (Å²) in [7, 11) is 0.